The van der Waals surface area contributed by atoms with Crippen LogP contribution in [0.2, 0.25) is 0 Å². The van der Waals surface area contributed by atoms with E-state index in [0.717, 1.165) is 23.6 Å². The number of nitrogens with one attached hydrogen (secondary N) is 1. The minimum atomic E-state index is 0.160. The van der Waals surface area contributed by atoms with Gasteiger partial charge in [-0.15, -0.1) is 0 Å². The molecule has 0 aliphatic rings. The smallest absolute Gasteiger partial charge is 0.122 e. The Bertz CT molecular complexity index is 623. The first kappa shape index (κ1) is 15.5. The summed E-state index contributed by atoms with van der Waals surface area (Å²) in [6.45, 7) is 9.31. The third-order valence-electron chi connectivity index (χ3n) is 3.86. The summed E-state index contributed by atoms with van der Waals surface area (Å²) < 4.78 is 5.42. The molecule has 0 aliphatic heterocycles. The van der Waals surface area contributed by atoms with E-state index in [1.54, 1.807) is 7.11 Å². The van der Waals surface area contributed by atoms with Crippen LogP contribution in [0.1, 0.15) is 40.9 Å². The van der Waals surface area contributed by atoms with Crippen molar-refractivity contribution in [1.29, 1.82) is 0 Å². The Hall–Kier alpha value is -1.87. The van der Waals surface area contributed by atoms with E-state index in [-0.39, 0.29) is 6.04 Å². The van der Waals surface area contributed by atoms with Crippen molar-refractivity contribution in [2.45, 2.75) is 33.7 Å². The van der Waals surface area contributed by atoms with Crippen molar-refractivity contribution in [3.63, 3.8) is 0 Å². The molecule has 21 heavy (non-hydrogen) atoms. The zero-order chi connectivity index (χ0) is 15.4. The van der Waals surface area contributed by atoms with Crippen LogP contribution >= 0.6 is 0 Å². The van der Waals surface area contributed by atoms with Gasteiger partial charge in [0.2, 0.25) is 0 Å². The molecule has 0 saturated carbocycles. The van der Waals surface area contributed by atoms with Gasteiger partial charge in [-0.1, -0.05) is 19.1 Å². The van der Waals surface area contributed by atoms with E-state index >= 15 is 0 Å². The molecule has 1 aromatic carbocycles. The van der Waals surface area contributed by atoms with Crippen LogP contribution in [0.25, 0.3) is 0 Å². The number of hydrogen-bond donors (Lipinski definition) is 1. The molecule has 0 radical (unpaired) electrons. The largest absolute Gasteiger partial charge is 0.496 e. The molecule has 1 unspecified atom stereocenters. The predicted octanol–water partition coefficient (Wildman–Crippen LogP) is 3.71. The minimum Gasteiger partial charge on any atom is -0.496 e. The van der Waals surface area contributed by atoms with Gasteiger partial charge in [0.25, 0.3) is 0 Å². The molecule has 2 aromatic rings. The Labute approximate surface area is 127 Å². The Morgan fingerprint density at radius 3 is 2.52 bits per heavy atom. The molecule has 0 fully saturated rings. The highest BCUT2D eigenvalue weighted by Crippen LogP contribution is 2.31. The summed E-state index contributed by atoms with van der Waals surface area (Å²) in [5.41, 5.74) is 5.96. The lowest BCUT2D eigenvalue weighted by Gasteiger charge is -2.23. The minimum absolute atomic E-state index is 0.160. The molecule has 1 aromatic heterocycles. The molecule has 0 spiro atoms. The van der Waals surface area contributed by atoms with Gasteiger partial charge in [0.1, 0.15) is 5.75 Å². The van der Waals surface area contributed by atoms with Crippen LogP contribution in [0.4, 0.5) is 0 Å². The number of benzene rings is 1. The first-order valence-electron chi connectivity index (χ1n) is 7.38. The fraction of sp³-hybridized carbons (Fsp3) is 0.389. The number of aromatic nitrogens is 1. The van der Waals surface area contributed by atoms with Gasteiger partial charge in [0, 0.05) is 11.9 Å². The second-order valence-corrected chi connectivity index (χ2v) is 5.35. The highest BCUT2D eigenvalue weighted by Gasteiger charge is 2.18. The highest BCUT2D eigenvalue weighted by atomic mass is 16.5. The topological polar surface area (TPSA) is 34.1 Å². The van der Waals surface area contributed by atoms with Crippen LogP contribution in [0.15, 0.2) is 30.5 Å². The molecule has 1 heterocycles. The number of hydrogen-bond acceptors (Lipinski definition) is 3. The van der Waals surface area contributed by atoms with Gasteiger partial charge in [-0.25, -0.2) is 0 Å². The maximum atomic E-state index is 5.42. The van der Waals surface area contributed by atoms with Crippen molar-refractivity contribution in [2.24, 2.45) is 0 Å². The Morgan fingerprint density at radius 1 is 1.14 bits per heavy atom. The lowest BCUT2D eigenvalue weighted by molar-refractivity contribution is 0.411. The van der Waals surface area contributed by atoms with Crippen LogP contribution in [-0.4, -0.2) is 18.6 Å². The molecule has 0 aliphatic carbocycles. The normalized spacial score (nSPS) is 12.2. The molecular weight excluding hydrogens is 260 g/mol. The highest BCUT2D eigenvalue weighted by molar-refractivity contribution is 5.46. The number of rotatable bonds is 5. The lowest BCUT2D eigenvalue weighted by atomic mass is 9.92. The predicted molar refractivity (Wildman–Crippen MR) is 87.0 cm³/mol. The van der Waals surface area contributed by atoms with Crippen molar-refractivity contribution in [3.8, 4) is 5.75 Å². The molecule has 0 bridgehead atoms. The van der Waals surface area contributed by atoms with E-state index in [2.05, 4.69) is 56.2 Å². The molecule has 2 rings (SSSR count). The van der Waals surface area contributed by atoms with E-state index in [1.165, 1.54) is 16.7 Å². The maximum Gasteiger partial charge on any atom is 0.122 e. The average Bonchev–Trinajstić information content (AvgIpc) is 2.48. The Balaban J connectivity index is 2.53. The van der Waals surface area contributed by atoms with Gasteiger partial charge in [0.05, 0.1) is 13.2 Å². The monoisotopic (exact) mass is 284 g/mol. The first-order chi connectivity index (χ1) is 10.1. The average molecular weight is 284 g/mol. The van der Waals surface area contributed by atoms with Crippen molar-refractivity contribution in [2.75, 3.05) is 13.7 Å². The number of aryl methyl sites for hydroxylation is 3. The molecule has 3 heteroatoms. The molecule has 3 nitrogen and oxygen atoms in total. The van der Waals surface area contributed by atoms with Gasteiger partial charge in [-0.05, 0) is 61.7 Å². The number of pyridine rings is 1. The third kappa shape index (κ3) is 3.24. The summed E-state index contributed by atoms with van der Waals surface area (Å²) in [7, 11) is 1.72. The van der Waals surface area contributed by atoms with Gasteiger partial charge in [0.15, 0.2) is 0 Å². The summed E-state index contributed by atoms with van der Waals surface area (Å²) in [6.07, 6.45) is 1.84. The van der Waals surface area contributed by atoms with Crippen molar-refractivity contribution < 1.29 is 4.74 Å². The number of methoxy groups -OCH3 is 1. The second-order valence-electron chi connectivity index (χ2n) is 5.35. The van der Waals surface area contributed by atoms with E-state index in [0.29, 0.717) is 0 Å². The maximum absolute atomic E-state index is 5.42. The fourth-order valence-corrected chi connectivity index (χ4v) is 2.74. The van der Waals surface area contributed by atoms with E-state index in [9.17, 15) is 0 Å². The van der Waals surface area contributed by atoms with Crippen LogP contribution in [0, 0.1) is 20.8 Å². The fourth-order valence-electron chi connectivity index (χ4n) is 2.74. The Morgan fingerprint density at radius 2 is 1.90 bits per heavy atom. The van der Waals surface area contributed by atoms with Crippen molar-refractivity contribution in [1.82, 2.24) is 10.3 Å². The van der Waals surface area contributed by atoms with Crippen LogP contribution in [0.5, 0.6) is 5.75 Å². The molecule has 0 amide bonds. The summed E-state index contributed by atoms with van der Waals surface area (Å²) in [5.74, 6) is 0.939. The summed E-state index contributed by atoms with van der Waals surface area (Å²) in [4.78, 5) is 4.43. The lowest BCUT2D eigenvalue weighted by Crippen LogP contribution is -2.24. The van der Waals surface area contributed by atoms with E-state index < -0.39 is 0 Å². The molecule has 112 valence electrons. The zero-order valence-corrected chi connectivity index (χ0v) is 13.5. The van der Waals surface area contributed by atoms with Gasteiger partial charge in [-0.2, -0.15) is 0 Å². The number of ether oxygens (including phenoxy) is 1. The SMILES string of the molecule is CCNC(c1cc(C)c(OC)cc1C)c1cccnc1C. The Kier molecular flexibility index (Phi) is 4.97. The summed E-state index contributed by atoms with van der Waals surface area (Å²) in [5, 5.41) is 3.58. The van der Waals surface area contributed by atoms with Gasteiger partial charge in [-0.3, -0.25) is 4.98 Å². The summed E-state index contributed by atoms with van der Waals surface area (Å²) in [6, 6.07) is 8.63. The zero-order valence-electron chi connectivity index (χ0n) is 13.5. The standard InChI is InChI=1S/C18H24N2O/c1-6-19-18(15-8-7-9-20-14(15)4)16-10-13(3)17(21-5)11-12(16)2/h7-11,18-19H,6H2,1-5H3. The molecule has 0 saturated heterocycles. The molecule has 1 atom stereocenters. The van der Waals surface area contributed by atoms with E-state index in [4.69, 9.17) is 4.74 Å². The molecule has 1 N–H and O–H groups in total. The van der Waals surface area contributed by atoms with Crippen LogP contribution < -0.4 is 10.1 Å². The van der Waals surface area contributed by atoms with Gasteiger partial charge < -0.3 is 10.1 Å². The molecular formula is C18H24N2O. The van der Waals surface area contributed by atoms with Crippen LogP contribution in [0.3, 0.4) is 0 Å². The van der Waals surface area contributed by atoms with Gasteiger partial charge >= 0.3 is 0 Å². The second kappa shape index (κ2) is 6.72. The third-order valence-corrected chi connectivity index (χ3v) is 3.86. The number of nitrogens with zero attached hydrogens (tertiary/aromatic N) is 1. The summed E-state index contributed by atoms with van der Waals surface area (Å²) >= 11 is 0. The quantitative estimate of drug-likeness (QED) is 0.908. The first-order valence-corrected chi connectivity index (χ1v) is 7.38. The van der Waals surface area contributed by atoms with Crippen LogP contribution in [-0.2, 0) is 0 Å². The van der Waals surface area contributed by atoms with Crippen molar-refractivity contribution in [3.05, 3.63) is 58.4 Å². The van der Waals surface area contributed by atoms with E-state index in [1.807, 2.05) is 12.3 Å². The van der Waals surface area contributed by atoms with Crippen molar-refractivity contribution >= 4 is 0 Å².